The molecular formula is C7H6N2O3S. The molecule has 13 heavy (non-hydrogen) atoms. The third-order valence-electron chi connectivity index (χ3n) is 1.65. The van der Waals surface area contributed by atoms with Gasteiger partial charge in [-0.05, 0) is 12.1 Å². The van der Waals surface area contributed by atoms with Crippen LogP contribution in [0, 0.1) is 0 Å². The topological polar surface area (TPSA) is 71.7 Å². The number of nitrogens with zero attached hydrogens (tertiary/aromatic N) is 2. The predicted molar refractivity (Wildman–Crippen MR) is 45.0 cm³/mol. The van der Waals surface area contributed by atoms with Crippen LogP contribution in [0.2, 0.25) is 0 Å². The molecule has 1 N–H and O–H groups in total. The Hall–Kier alpha value is -1.40. The summed E-state index contributed by atoms with van der Waals surface area (Å²) in [4.78, 5) is 3.81. The van der Waals surface area contributed by atoms with Crippen molar-refractivity contribution >= 4 is 15.8 Å². The first-order valence-corrected chi connectivity index (χ1v) is 4.92. The van der Waals surface area contributed by atoms with Gasteiger partial charge in [-0.15, -0.1) is 0 Å². The number of imidazole rings is 1. The second-order valence-corrected chi connectivity index (χ2v) is 3.87. The summed E-state index contributed by atoms with van der Waals surface area (Å²) in [6.45, 7) is 0. The molecule has 0 atom stereocenters. The Morgan fingerprint density at radius 1 is 1.38 bits per heavy atom. The van der Waals surface area contributed by atoms with E-state index in [-0.39, 0.29) is 5.03 Å². The van der Waals surface area contributed by atoms with Crippen LogP contribution in [0.25, 0.3) is 5.65 Å². The molecule has 5 nitrogen and oxygen atoms in total. The zero-order valence-electron chi connectivity index (χ0n) is 6.45. The zero-order valence-corrected chi connectivity index (χ0v) is 7.27. The quantitative estimate of drug-likeness (QED) is 0.680. The molecular weight excluding hydrogens is 192 g/mol. The Bertz CT molecular complexity index is 544. The van der Waals surface area contributed by atoms with Crippen LogP contribution in [0.15, 0.2) is 35.6 Å². The highest BCUT2D eigenvalue weighted by Crippen LogP contribution is 2.10. The van der Waals surface area contributed by atoms with Crippen LogP contribution in [-0.2, 0) is 10.1 Å². The van der Waals surface area contributed by atoms with E-state index in [0.717, 1.165) is 6.20 Å². The monoisotopic (exact) mass is 198 g/mol. The normalized spacial score (nSPS) is 12.1. The highest BCUT2D eigenvalue weighted by atomic mass is 32.2. The van der Waals surface area contributed by atoms with E-state index in [1.165, 1.54) is 10.6 Å². The molecule has 0 bridgehead atoms. The van der Waals surface area contributed by atoms with Crippen LogP contribution in [0.4, 0.5) is 0 Å². The number of fused-ring (bicyclic) bond motifs is 1. The molecule has 2 rings (SSSR count). The van der Waals surface area contributed by atoms with Crippen molar-refractivity contribution in [2.24, 2.45) is 0 Å². The van der Waals surface area contributed by atoms with Gasteiger partial charge in [-0.3, -0.25) is 8.95 Å². The molecule has 0 aliphatic carbocycles. The number of rotatable bonds is 1. The molecule has 0 radical (unpaired) electrons. The average Bonchev–Trinajstić information content (AvgIpc) is 2.45. The molecule has 0 fully saturated rings. The molecule has 6 heteroatoms. The smallest absolute Gasteiger partial charge is 0.289 e. The lowest BCUT2D eigenvalue weighted by Crippen LogP contribution is -2.01. The predicted octanol–water partition coefficient (Wildman–Crippen LogP) is 0.581. The fourth-order valence-electron chi connectivity index (χ4n) is 1.10. The zero-order chi connectivity index (χ0) is 9.47. The van der Waals surface area contributed by atoms with Crippen molar-refractivity contribution in [3.05, 3.63) is 30.6 Å². The van der Waals surface area contributed by atoms with Crippen molar-refractivity contribution < 1.29 is 13.0 Å². The Labute approximate surface area is 74.4 Å². The first-order chi connectivity index (χ1) is 6.09. The van der Waals surface area contributed by atoms with Gasteiger partial charge in [-0.1, -0.05) is 6.07 Å². The summed E-state index contributed by atoms with van der Waals surface area (Å²) < 4.78 is 31.7. The summed E-state index contributed by atoms with van der Waals surface area (Å²) in [6, 6.07) is 5.04. The number of aromatic nitrogens is 2. The fourth-order valence-corrected chi connectivity index (χ4v) is 1.69. The first-order valence-electron chi connectivity index (χ1n) is 3.48. The van der Waals surface area contributed by atoms with Crippen LogP contribution in [0.1, 0.15) is 0 Å². The van der Waals surface area contributed by atoms with Gasteiger partial charge in [0.15, 0.2) is 5.03 Å². The Morgan fingerprint density at radius 3 is 2.85 bits per heavy atom. The molecule has 0 aliphatic heterocycles. The standard InChI is InChI=1S/C7H6N2O3S/c10-13(11,12)7-5-8-6-3-1-2-4-9(6)7/h1-5H,(H,10,11,12). The first kappa shape index (κ1) is 8.21. The second-order valence-electron chi connectivity index (χ2n) is 2.50. The van der Waals surface area contributed by atoms with E-state index in [2.05, 4.69) is 4.98 Å². The highest BCUT2D eigenvalue weighted by Gasteiger charge is 2.14. The second kappa shape index (κ2) is 2.54. The lowest BCUT2D eigenvalue weighted by atomic mass is 10.5. The van der Waals surface area contributed by atoms with Crippen molar-refractivity contribution in [1.29, 1.82) is 0 Å². The summed E-state index contributed by atoms with van der Waals surface area (Å²) in [7, 11) is -4.19. The number of hydrogen-bond acceptors (Lipinski definition) is 3. The van der Waals surface area contributed by atoms with Crippen LogP contribution >= 0.6 is 0 Å². The van der Waals surface area contributed by atoms with E-state index < -0.39 is 10.1 Å². The van der Waals surface area contributed by atoms with Crippen LogP contribution in [0.3, 0.4) is 0 Å². The summed E-state index contributed by atoms with van der Waals surface area (Å²) in [5, 5.41) is -0.219. The molecule has 0 aromatic carbocycles. The van der Waals surface area contributed by atoms with Crippen LogP contribution < -0.4 is 0 Å². The van der Waals surface area contributed by atoms with Gasteiger partial charge in [0, 0.05) is 6.20 Å². The lowest BCUT2D eigenvalue weighted by Gasteiger charge is -1.95. The molecule has 2 aromatic heterocycles. The van der Waals surface area contributed by atoms with Gasteiger partial charge in [0.1, 0.15) is 5.65 Å². The summed E-state index contributed by atoms with van der Waals surface area (Å²) >= 11 is 0. The van der Waals surface area contributed by atoms with Gasteiger partial charge >= 0.3 is 10.1 Å². The van der Waals surface area contributed by atoms with Gasteiger partial charge in [-0.2, -0.15) is 8.42 Å². The van der Waals surface area contributed by atoms with Crippen molar-refractivity contribution in [2.45, 2.75) is 5.03 Å². The highest BCUT2D eigenvalue weighted by molar-refractivity contribution is 7.85. The van der Waals surface area contributed by atoms with Crippen LogP contribution in [0.5, 0.6) is 0 Å². The van der Waals surface area contributed by atoms with Crippen LogP contribution in [-0.4, -0.2) is 22.4 Å². The lowest BCUT2D eigenvalue weighted by molar-refractivity contribution is 0.478. The van der Waals surface area contributed by atoms with Gasteiger partial charge in [-0.25, -0.2) is 4.98 Å². The number of pyridine rings is 1. The Balaban J connectivity index is 2.87. The third kappa shape index (κ3) is 1.30. The van der Waals surface area contributed by atoms with E-state index >= 15 is 0 Å². The Kier molecular flexibility index (Phi) is 1.61. The van der Waals surface area contributed by atoms with Gasteiger partial charge < -0.3 is 0 Å². The molecule has 2 heterocycles. The largest absolute Gasteiger partial charge is 0.312 e. The van der Waals surface area contributed by atoms with Crippen molar-refractivity contribution in [3.8, 4) is 0 Å². The van der Waals surface area contributed by atoms with Gasteiger partial charge in [0.2, 0.25) is 0 Å². The molecule has 0 saturated heterocycles. The van der Waals surface area contributed by atoms with Crippen molar-refractivity contribution in [1.82, 2.24) is 9.38 Å². The van der Waals surface area contributed by atoms with Crippen molar-refractivity contribution in [3.63, 3.8) is 0 Å². The minimum atomic E-state index is -4.19. The summed E-state index contributed by atoms with van der Waals surface area (Å²) in [6.07, 6.45) is 2.64. The minimum Gasteiger partial charge on any atom is -0.289 e. The van der Waals surface area contributed by atoms with E-state index in [1.54, 1.807) is 18.2 Å². The molecule has 68 valence electrons. The van der Waals surface area contributed by atoms with Gasteiger partial charge in [0.05, 0.1) is 6.20 Å². The maximum Gasteiger partial charge on any atom is 0.312 e. The fraction of sp³-hybridized carbons (Fsp3) is 0. The maximum absolute atomic E-state index is 10.8. The van der Waals surface area contributed by atoms with Crippen molar-refractivity contribution in [2.75, 3.05) is 0 Å². The maximum atomic E-state index is 10.8. The molecule has 0 amide bonds. The van der Waals surface area contributed by atoms with E-state index in [1.807, 2.05) is 0 Å². The van der Waals surface area contributed by atoms with E-state index in [4.69, 9.17) is 4.55 Å². The molecule has 2 aromatic rings. The van der Waals surface area contributed by atoms with E-state index in [9.17, 15) is 8.42 Å². The third-order valence-corrected chi connectivity index (χ3v) is 2.48. The van der Waals surface area contributed by atoms with E-state index in [0.29, 0.717) is 5.65 Å². The molecule has 0 spiro atoms. The SMILES string of the molecule is O=S(=O)(O)c1cnc2ccccn12. The number of hydrogen-bond donors (Lipinski definition) is 1. The minimum absolute atomic E-state index is 0.219. The van der Waals surface area contributed by atoms with Gasteiger partial charge in [0.25, 0.3) is 0 Å². The molecule has 0 saturated carbocycles. The molecule has 0 aliphatic rings. The summed E-state index contributed by atoms with van der Waals surface area (Å²) in [5.74, 6) is 0. The average molecular weight is 198 g/mol. The Morgan fingerprint density at radius 2 is 2.15 bits per heavy atom. The summed E-state index contributed by atoms with van der Waals surface area (Å²) in [5.41, 5.74) is 0.482. The molecule has 0 unspecified atom stereocenters.